The van der Waals surface area contributed by atoms with E-state index in [2.05, 4.69) is 5.32 Å². The molecular formula is C11H15NO2S. The lowest BCUT2D eigenvalue weighted by Gasteiger charge is -2.11. The quantitative estimate of drug-likeness (QED) is 0.800. The number of hydrogen-bond donors (Lipinski definition) is 1. The van der Waals surface area contributed by atoms with E-state index in [-0.39, 0.29) is 11.5 Å². The molecule has 0 aliphatic carbocycles. The zero-order valence-electron chi connectivity index (χ0n) is 8.90. The standard InChI is InChI=1S/C11H15NO2S/c1-9(15-2)12-11(13)14-8-10-6-4-3-5-7-10/h3-7,9H,8H2,1-2H3,(H,12,13). The Morgan fingerprint density at radius 3 is 2.73 bits per heavy atom. The highest BCUT2D eigenvalue weighted by molar-refractivity contribution is 7.99. The van der Waals surface area contributed by atoms with Crippen molar-refractivity contribution in [1.29, 1.82) is 0 Å². The molecule has 0 aliphatic heterocycles. The fourth-order valence-corrected chi connectivity index (χ4v) is 1.20. The maximum Gasteiger partial charge on any atom is 0.408 e. The van der Waals surface area contributed by atoms with Crippen molar-refractivity contribution >= 4 is 17.9 Å². The minimum absolute atomic E-state index is 0.0771. The van der Waals surface area contributed by atoms with E-state index in [1.165, 1.54) is 0 Å². The molecule has 0 spiro atoms. The maximum absolute atomic E-state index is 11.2. The topological polar surface area (TPSA) is 38.3 Å². The fourth-order valence-electron chi connectivity index (χ4n) is 0.990. The van der Waals surface area contributed by atoms with Gasteiger partial charge < -0.3 is 10.1 Å². The summed E-state index contributed by atoms with van der Waals surface area (Å²) >= 11 is 1.56. The van der Waals surface area contributed by atoms with Crippen molar-refractivity contribution in [2.24, 2.45) is 0 Å². The summed E-state index contributed by atoms with van der Waals surface area (Å²) in [4.78, 5) is 11.2. The summed E-state index contributed by atoms with van der Waals surface area (Å²) in [6.45, 7) is 2.22. The Labute approximate surface area is 94.2 Å². The van der Waals surface area contributed by atoms with Crippen LogP contribution in [0.25, 0.3) is 0 Å². The fraction of sp³-hybridized carbons (Fsp3) is 0.364. The Bertz CT molecular complexity index is 303. The van der Waals surface area contributed by atoms with Crippen LogP contribution in [-0.4, -0.2) is 17.7 Å². The minimum Gasteiger partial charge on any atom is -0.445 e. The molecule has 0 aromatic heterocycles. The highest BCUT2D eigenvalue weighted by atomic mass is 32.2. The van der Waals surface area contributed by atoms with Gasteiger partial charge in [0.2, 0.25) is 0 Å². The van der Waals surface area contributed by atoms with Crippen LogP contribution in [0.1, 0.15) is 12.5 Å². The molecule has 0 heterocycles. The van der Waals surface area contributed by atoms with E-state index in [1.54, 1.807) is 11.8 Å². The van der Waals surface area contributed by atoms with Crippen molar-refractivity contribution in [2.45, 2.75) is 18.9 Å². The molecule has 0 saturated heterocycles. The van der Waals surface area contributed by atoms with Crippen molar-refractivity contribution in [3.63, 3.8) is 0 Å². The predicted octanol–water partition coefficient (Wildman–Crippen LogP) is 2.62. The summed E-state index contributed by atoms with van der Waals surface area (Å²) < 4.78 is 5.04. The predicted molar refractivity (Wildman–Crippen MR) is 62.7 cm³/mol. The first-order valence-corrected chi connectivity index (χ1v) is 6.01. The molecule has 1 N–H and O–H groups in total. The lowest BCUT2D eigenvalue weighted by atomic mass is 10.2. The Kier molecular flexibility index (Phi) is 5.04. The van der Waals surface area contributed by atoms with Crippen LogP contribution < -0.4 is 5.32 Å². The number of nitrogens with one attached hydrogen (secondary N) is 1. The molecule has 0 radical (unpaired) electrons. The van der Waals surface area contributed by atoms with E-state index >= 15 is 0 Å². The van der Waals surface area contributed by atoms with Crippen LogP contribution in [0.15, 0.2) is 30.3 Å². The number of carbonyl (C=O) groups is 1. The van der Waals surface area contributed by atoms with Gasteiger partial charge in [0.1, 0.15) is 6.61 Å². The Morgan fingerprint density at radius 2 is 2.13 bits per heavy atom. The molecule has 1 aromatic rings. The number of hydrogen-bond acceptors (Lipinski definition) is 3. The van der Waals surface area contributed by atoms with E-state index < -0.39 is 0 Å². The molecule has 1 aromatic carbocycles. The van der Waals surface area contributed by atoms with E-state index in [9.17, 15) is 4.79 Å². The lowest BCUT2D eigenvalue weighted by Crippen LogP contribution is -2.30. The average Bonchev–Trinajstić information content (AvgIpc) is 2.27. The van der Waals surface area contributed by atoms with E-state index in [1.807, 2.05) is 43.5 Å². The zero-order valence-corrected chi connectivity index (χ0v) is 9.71. The van der Waals surface area contributed by atoms with Crippen LogP contribution in [0, 0.1) is 0 Å². The third-order valence-electron chi connectivity index (χ3n) is 1.89. The molecule has 0 fully saturated rings. The largest absolute Gasteiger partial charge is 0.445 e. The third-order valence-corrected chi connectivity index (χ3v) is 2.71. The molecule has 0 saturated carbocycles. The number of benzene rings is 1. The average molecular weight is 225 g/mol. The molecule has 3 nitrogen and oxygen atoms in total. The van der Waals surface area contributed by atoms with Gasteiger partial charge in [0.25, 0.3) is 0 Å². The molecule has 15 heavy (non-hydrogen) atoms. The molecule has 4 heteroatoms. The number of amides is 1. The summed E-state index contributed by atoms with van der Waals surface area (Å²) in [5, 5.41) is 2.78. The molecule has 82 valence electrons. The Morgan fingerprint density at radius 1 is 1.47 bits per heavy atom. The minimum atomic E-state index is -0.374. The van der Waals surface area contributed by atoms with E-state index in [4.69, 9.17) is 4.74 Å². The van der Waals surface area contributed by atoms with Gasteiger partial charge in [0.05, 0.1) is 5.37 Å². The first kappa shape index (κ1) is 11.9. The number of ether oxygens (including phenoxy) is 1. The van der Waals surface area contributed by atoms with Gasteiger partial charge in [0.15, 0.2) is 0 Å². The first-order chi connectivity index (χ1) is 7.22. The molecular weight excluding hydrogens is 210 g/mol. The molecule has 0 bridgehead atoms. The highest BCUT2D eigenvalue weighted by Gasteiger charge is 2.06. The lowest BCUT2D eigenvalue weighted by molar-refractivity contribution is 0.139. The van der Waals surface area contributed by atoms with E-state index in [0.717, 1.165) is 5.56 Å². The van der Waals surface area contributed by atoms with Gasteiger partial charge in [-0.3, -0.25) is 0 Å². The van der Waals surface area contributed by atoms with Crippen molar-refractivity contribution in [3.8, 4) is 0 Å². The van der Waals surface area contributed by atoms with Gasteiger partial charge in [-0.25, -0.2) is 4.79 Å². The van der Waals surface area contributed by atoms with Crippen LogP contribution in [0.4, 0.5) is 4.79 Å². The van der Waals surface area contributed by atoms with Crippen molar-refractivity contribution in [1.82, 2.24) is 5.32 Å². The highest BCUT2D eigenvalue weighted by Crippen LogP contribution is 2.03. The molecule has 1 atom stereocenters. The number of carbonyl (C=O) groups excluding carboxylic acids is 1. The van der Waals surface area contributed by atoms with Crippen LogP contribution in [0.2, 0.25) is 0 Å². The summed E-state index contributed by atoms with van der Waals surface area (Å²) in [7, 11) is 0. The van der Waals surface area contributed by atoms with Crippen molar-refractivity contribution < 1.29 is 9.53 Å². The van der Waals surface area contributed by atoms with Crippen LogP contribution >= 0.6 is 11.8 Å². The number of thioether (sulfide) groups is 1. The van der Waals surface area contributed by atoms with Crippen LogP contribution in [0.5, 0.6) is 0 Å². The third kappa shape index (κ3) is 4.74. The Balaban J connectivity index is 2.29. The monoisotopic (exact) mass is 225 g/mol. The second kappa shape index (κ2) is 6.35. The van der Waals surface area contributed by atoms with Gasteiger partial charge in [0, 0.05) is 0 Å². The van der Waals surface area contributed by atoms with Gasteiger partial charge in [-0.05, 0) is 18.7 Å². The first-order valence-electron chi connectivity index (χ1n) is 4.72. The molecule has 0 aliphatic rings. The summed E-state index contributed by atoms with van der Waals surface area (Å²) in [5.74, 6) is 0. The normalized spacial score (nSPS) is 11.9. The molecule has 1 unspecified atom stereocenters. The Hall–Kier alpha value is -1.16. The smallest absolute Gasteiger partial charge is 0.408 e. The van der Waals surface area contributed by atoms with Gasteiger partial charge in [-0.1, -0.05) is 30.3 Å². The zero-order chi connectivity index (χ0) is 11.1. The molecule has 1 rings (SSSR count). The van der Waals surface area contributed by atoms with Gasteiger partial charge in [-0.15, -0.1) is 11.8 Å². The maximum atomic E-state index is 11.2. The van der Waals surface area contributed by atoms with Gasteiger partial charge in [-0.2, -0.15) is 0 Å². The van der Waals surface area contributed by atoms with E-state index in [0.29, 0.717) is 6.61 Å². The second-order valence-electron chi connectivity index (χ2n) is 3.08. The van der Waals surface area contributed by atoms with Crippen LogP contribution in [-0.2, 0) is 11.3 Å². The summed E-state index contributed by atoms with van der Waals surface area (Å²) in [5.41, 5.74) is 0.990. The number of rotatable bonds is 4. The van der Waals surface area contributed by atoms with Crippen LogP contribution in [0.3, 0.4) is 0 Å². The SMILES string of the molecule is CSC(C)NC(=O)OCc1ccccc1. The summed E-state index contributed by atoms with van der Waals surface area (Å²) in [6.07, 6.45) is 1.56. The summed E-state index contributed by atoms with van der Waals surface area (Å²) in [6, 6.07) is 9.61. The van der Waals surface area contributed by atoms with Gasteiger partial charge >= 0.3 is 6.09 Å². The number of alkyl carbamates (subject to hydrolysis) is 1. The second-order valence-corrected chi connectivity index (χ2v) is 4.26. The van der Waals surface area contributed by atoms with Crippen molar-refractivity contribution in [2.75, 3.05) is 6.26 Å². The molecule has 1 amide bonds. The van der Waals surface area contributed by atoms with Crippen molar-refractivity contribution in [3.05, 3.63) is 35.9 Å².